The maximum absolute atomic E-state index is 12.2. The van der Waals surface area contributed by atoms with Crippen LogP contribution in [0.25, 0.3) is 20.7 Å². The summed E-state index contributed by atoms with van der Waals surface area (Å²) in [5.41, 5.74) is 2.72. The Morgan fingerprint density at radius 3 is 2.76 bits per heavy atom. The number of fused-ring (bicyclic) bond motifs is 1. The van der Waals surface area contributed by atoms with Crippen molar-refractivity contribution in [1.82, 2.24) is 10.3 Å². The molecule has 6 heteroatoms. The van der Waals surface area contributed by atoms with Crippen LogP contribution in [0.5, 0.6) is 0 Å². The third-order valence-corrected chi connectivity index (χ3v) is 5.91. The van der Waals surface area contributed by atoms with Gasteiger partial charge < -0.3 is 5.32 Å². The highest BCUT2D eigenvalue weighted by molar-refractivity contribution is 7.22. The van der Waals surface area contributed by atoms with E-state index in [2.05, 4.69) is 10.3 Å². The van der Waals surface area contributed by atoms with Gasteiger partial charge in [-0.2, -0.15) is 0 Å². The zero-order valence-corrected chi connectivity index (χ0v) is 14.2. The van der Waals surface area contributed by atoms with Crippen molar-refractivity contribution in [3.63, 3.8) is 0 Å². The fraction of sp³-hybridized carbons (Fsp3) is 0.200. The molecular formula is C15H13ClN2OS2. The number of amides is 1. The lowest BCUT2D eigenvalue weighted by Gasteiger charge is -2.06. The Hall–Kier alpha value is -1.43. The molecule has 21 heavy (non-hydrogen) atoms. The third kappa shape index (κ3) is 2.25. The lowest BCUT2D eigenvalue weighted by Crippen LogP contribution is -2.16. The minimum Gasteiger partial charge on any atom is -0.354 e. The molecule has 0 aromatic carbocycles. The van der Waals surface area contributed by atoms with Gasteiger partial charge in [-0.25, -0.2) is 4.98 Å². The Morgan fingerprint density at radius 2 is 2.14 bits per heavy atom. The summed E-state index contributed by atoms with van der Waals surface area (Å²) < 4.78 is 0. The molecule has 3 rings (SSSR count). The summed E-state index contributed by atoms with van der Waals surface area (Å²) in [6.07, 6.45) is 0. The number of rotatable bonds is 2. The molecule has 0 radical (unpaired) electrons. The van der Waals surface area contributed by atoms with E-state index in [1.54, 1.807) is 18.4 Å². The fourth-order valence-corrected chi connectivity index (χ4v) is 4.58. The van der Waals surface area contributed by atoms with Gasteiger partial charge in [-0.3, -0.25) is 4.79 Å². The van der Waals surface area contributed by atoms with Gasteiger partial charge in [-0.05, 0) is 30.9 Å². The summed E-state index contributed by atoms with van der Waals surface area (Å²) in [5, 5.41) is 6.36. The highest BCUT2D eigenvalue weighted by Crippen LogP contribution is 2.43. The van der Waals surface area contributed by atoms with Gasteiger partial charge in [0.1, 0.15) is 9.71 Å². The second-order valence-corrected chi connectivity index (χ2v) is 7.00. The van der Waals surface area contributed by atoms with Crippen molar-refractivity contribution in [3.8, 4) is 10.4 Å². The van der Waals surface area contributed by atoms with Gasteiger partial charge >= 0.3 is 0 Å². The van der Waals surface area contributed by atoms with Crippen molar-refractivity contribution < 1.29 is 4.79 Å². The molecule has 0 saturated heterocycles. The molecule has 0 aliphatic carbocycles. The van der Waals surface area contributed by atoms with E-state index in [9.17, 15) is 4.79 Å². The molecule has 0 fully saturated rings. The number of pyridine rings is 1. The molecule has 0 unspecified atom stereocenters. The van der Waals surface area contributed by atoms with Crippen LogP contribution >= 0.6 is 34.3 Å². The van der Waals surface area contributed by atoms with Crippen molar-refractivity contribution in [2.75, 3.05) is 7.05 Å². The number of carbonyl (C=O) groups excluding carboxylic acids is 1. The Balaban J connectivity index is 2.45. The zero-order chi connectivity index (χ0) is 15.1. The van der Waals surface area contributed by atoms with Gasteiger partial charge in [0.25, 0.3) is 5.91 Å². The largest absolute Gasteiger partial charge is 0.354 e. The van der Waals surface area contributed by atoms with E-state index in [4.69, 9.17) is 11.6 Å². The first kappa shape index (κ1) is 14.5. The van der Waals surface area contributed by atoms with Crippen molar-refractivity contribution in [2.45, 2.75) is 13.8 Å². The maximum atomic E-state index is 12.2. The number of hydrogen-bond acceptors (Lipinski definition) is 4. The molecule has 0 bridgehead atoms. The summed E-state index contributed by atoms with van der Waals surface area (Å²) in [6, 6.07) is 4.00. The second kappa shape index (κ2) is 5.40. The van der Waals surface area contributed by atoms with Gasteiger partial charge in [0.05, 0.1) is 10.7 Å². The average Bonchev–Trinajstić information content (AvgIpc) is 3.10. The number of thiophene rings is 2. The molecule has 0 saturated carbocycles. The molecule has 3 aromatic heterocycles. The van der Waals surface area contributed by atoms with E-state index in [1.807, 2.05) is 31.4 Å². The van der Waals surface area contributed by atoms with Crippen molar-refractivity contribution in [3.05, 3.63) is 38.7 Å². The highest BCUT2D eigenvalue weighted by Gasteiger charge is 2.23. The number of nitrogens with one attached hydrogen (secondary N) is 1. The second-order valence-electron chi connectivity index (χ2n) is 4.68. The number of aromatic nitrogens is 1. The van der Waals surface area contributed by atoms with Gasteiger partial charge in [-0.15, -0.1) is 22.7 Å². The first-order valence-corrected chi connectivity index (χ1v) is 8.47. The van der Waals surface area contributed by atoms with Gasteiger partial charge in [0.2, 0.25) is 0 Å². The average molecular weight is 337 g/mol. The summed E-state index contributed by atoms with van der Waals surface area (Å²) in [5.74, 6) is -0.0884. The Morgan fingerprint density at radius 1 is 1.38 bits per heavy atom. The number of nitrogens with zero attached hydrogens (tertiary/aromatic N) is 1. The topological polar surface area (TPSA) is 42.0 Å². The van der Waals surface area contributed by atoms with Crippen LogP contribution in [-0.4, -0.2) is 17.9 Å². The molecule has 3 aromatic rings. The molecule has 0 spiro atoms. The Bertz CT molecular complexity index is 837. The van der Waals surface area contributed by atoms with E-state index < -0.39 is 0 Å². The minimum absolute atomic E-state index is 0.0884. The number of hydrogen-bond donors (Lipinski definition) is 1. The van der Waals surface area contributed by atoms with Gasteiger partial charge in [-0.1, -0.05) is 17.7 Å². The number of aryl methyl sites for hydroxylation is 2. The molecule has 1 N–H and O–H groups in total. The van der Waals surface area contributed by atoms with Crippen molar-refractivity contribution >= 4 is 50.4 Å². The minimum atomic E-state index is -0.0884. The van der Waals surface area contributed by atoms with Crippen molar-refractivity contribution in [2.24, 2.45) is 0 Å². The van der Waals surface area contributed by atoms with Crippen LogP contribution in [0.4, 0.5) is 0 Å². The summed E-state index contributed by atoms with van der Waals surface area (Å²) in [6.45, 7) is 3.87. The quantitative estimate of drug-likeness (QED) is 0.739. The molecule has 3 nitrogen and oxygen atoms in total. The predicted molar refractivity (Wildman–Crippen MR) is 90.8 cm³/mol. The molecule has 108 valence electrons. The lowest BCUT2D eigenvalue weighted by atomic mass is 10.1. The first-order valence-electron chi connectivity index (χ1n) is 6.39. The van der Waals surface area contributed by atoms with Crippen LogP contribution in [0.15, 0.2) is 17.5 Å². The van der Waals surface area contributed by atoms with Gasteiger partial charge in [0, 0.05) is 22.9 Å². The lowest BCUT2D eigenvalue weighted by molar-refractivity contribution is 0.0968. The Kier molecular flexibility index (Phi) is 3.73. The predicted octanol–water partition coefficient (Wildman–Crippen LogP) is 4.65. The maximum Gasteiger partial charge on any atom is 0.261 e. The van der Waals surface area contributed by atoms with E-state index in [-0.39, 0.29) is 5.91 Å². The summed E-state index contributed by atoms with van der Waals surface area (Å²) >= 11 is 9.39. The van der Waals surface area contributed by atoms with Crippen LogP contribution in [-0.2, 0) is 0 Å². The molecular weight excluding hydrogens is 324 g/mol. The summed E-state index contributed by atoms with van der Waals surface area (Å²) in [4.78, 5) is 19.4. The van der Waals surface area contributed by atoms with Crippen LogP contribution in [0.2, 0.25) is 5.02 Å². The van der Waals surface area contributed by atoms with Crippen LogP contribution in [0.3, 0.4) is 0 Å². The molecule has 0 aliphatic heterocycles. The standard InChI is InChI=1S/C15H13ClN2OS2/c1-7-10-11(9-5-4-6-20-9)13(14(19)17-3)21-15(10)18-8(2)12(7)16/h4-6H,1-3H3,(H,17,19). The van der Waals surface area contributed by atoms with Gasteiger partial charge in [0.15, 0.2) is 0 Å². The normalized spacial score (nSPS) is 11.0. The molecule has 1 amide bonds. The van der Waals surface area contributed by atoms with E-state index in [0.717, 1.165) is 31.9 Å². The highest BCUT2D eigenvalue weighted by atomic mass is 35.5. The fourth-order valence-electron chi connectivity index (χ4n) is 2.36. The van der Waals surface area contributed by atoms with Crippen LogP contribution in [0.1, 0.15) is 20.9 Å². The third-order valence-electron chi connectivity index (χ3n) is 3.38. The smallest absolute Gasteiger partial charge is 0.261 e. The number of carbonyl (C=O) groups is 1. The Labute approximate surface area is 135 Å². The summed E-state index contributed by atoms with van der Waals surface area (Å²) in [7, 11) is 1.64. The molecule has 3 heterocycles. The SMILES string of the molecule is CNC(=O)c1sc2nc(C)c(Cl)c(C)c2c1-c1cccs1. The van der Waals surface area contributed by atoms with E-state index in [0.29, 0.717) is 9.90 Å². The zero-order valence-electron chi connectivity index (χ0n) is 11.8. The van der Waals surface area contributed by atoms with E-state index >= 15 is 0 Å². The van der Waals surface area contributed by atoms with Crippen molar-refractivity contribution in [1.29, 1.82) is 0 Å². The molecule has 0 aliphatic rings. The first-order chi connectivity index (χ1) is 10.0. The number of halogens is 1. The monoisotopic (exact) mass is 336 g/mol. The van der Waals surface area contributed by atoms with Crippen LogP contribution < -0.4 is 5.32 Å². The van der Waals surface area contributed by atoms with Crippen LogP contribution in [0, 0.1) is 13.8 Å². The molecule has 0 atom stereocenters. The van der Waals surface area contributed by atoms with E-state index in [1.165, 1.54) is 11.3 Å².